The van der Waals surface area contributed by atoms with Crippen molar-refractivity contribution in [2.75, 3.05) is 19.5 Å². The molecule has 0 saturated carbocycles. The molecule has 0 aromatic carbocycles. The first-order valence-corrected chi connectivity index (χ1v) is 5.05. The molecule has 0 spiro atoms. The SMILES string of the molecule is Cc1ccc(CN(C)CCCCl)o1. The van der Waals surface area contributed by atoms with Crippen LogP contribution in [0, 0.1) is 6.92 Å². The van der Waals surface area contributed by atoms with Gasteiger partial charge in [0, 0.05) is 5.88 Å². The van der Waals surface area contributed by atoms with Gasteiger partial charge in [0.05, 0.1) is 6.54 Å². The third-order valence-electron chi connectivity index (χ3n) is 1.90. The van der Waals surface area contributed by atoms with E-state index in [1.54, 1.807) is 0 Å². The highest BCUT2D eigenvalue weighted by Crippen LogP contribution is 2.08. The van der Waals surface area contributed by atoms with Crippen molar-refractivity contribution in [3.05, 3.63) is 23.7 Å². The van der Waals surface area contributed by atoms with E-state index in [0.29, 0.717) is 0 Å². The highest BCUT2D eigenvalue weighted by molar-refractivity contribution is 6.17. The first-order chi connectivity index (χ1) is 6.22. The molecule has 0 bridgehead atoms. The number of aryl methyl sites for hydroxylation is 1. The molecule has 74 valence electrons. The minimum Gasteiger partial charge on any atom is -0.465 e. The van der Waals surface area contributed by atoms with E-state index in [4.69, 9.17) is 16.0 Å². The molecule has 1 rings (SSSR count). The summed E-state index contributed by atoms with van der Waals surface area (Å²) in [5.74, 6) is 2.72. The van der Waals surface area contributed by atoms with Crippen molar-refractivity contribution in [3.63, 3.8) is 0 Å². The minimum absolute atomic E-state index is 0.724. The fraction of sp³-hybridized carbons (Fsp3) is 0.600. The Morgan fingerprint density at radius 3 is 2.77 bits per heavy atom. The maximum atomic E-state index is 5.60. The quantitative estimate of drug-likeness (QED) is 0.682. The van der Waals surface area contributed by atoms with Gasteiger partial charge in [0.1, 0.15) is 11.5 Å². The van der Waals surface area contributed by atoms with Crippen LogP contribution in [0.5, 0.6) is 0 Å². The van der Waals surface area contributed by atoms with Gasteiger partial charge in [-0.3, -0.25) is 4.90 Å². The van der Waals surface area contributed by atoms with Crippen molar-refractivity contribution in [2.45, 2.75) is 19.9 Å². The zero-order chi connectivity index (χ0) is 9.68. The van der Waals surface area contributed by atoms with Crippen LogP contribution in [-0.2, 0) is 6.54 Å². The van der Waals surface area contributed by atoms with Gasteiger partial charge in [-0.1, -0.05) is 0 Å². The van der Waals surface area contributed by atoms with Crippen LogP contribution in [0.25, 0.3) is 0 Å². The van der Waals surface area contributed by atoms with Gasteiger partial charge in [0.15, 0.2) is 0 Å². The van der Waals surface area contributed by atoms with E-state index < -0.39 is 0 Å². The maximum Gasteiger partial charge on any atom is 0.118 e. The lowest BCUT2D eigenvalue weighted by atomic mass is 10.4. The van der Waals surface area contributed by atoms with Crippen LogP contribution < -0.4 is 0 Å². The molecule has 0 aliphatic carbocycles. The second-order valence-electron chi connectivity index (χ2n) is 3.29. The van der Waals surface area contributed by atoms with Crippen molar-refractivity contribution in [1.82, 2.24) is 4.90 Å². The standard InChI is InChI=1S/C10H16ClNO/c1-9-4-5-10(13-9)8-12(2)7-3-6-11/h4-5H,3,6-8H2,1-2H3. The maximum absolute atomic E-state index is 5.60. The van der Waals surface area contributed by atoms with Crippen LogP contribution in [-0.4, -0.2) is 24.4 Å². The first-order valence-electron chi connectivity index (χ1n) is 4.52. The summed E-state index contributed by atoms with van der Waals surface area (Å²) >= 11 is 5.60. The second-order valence-corrected chi connectivity index (χ2v) is 3.67. The Morgan fingerprint density at radius 1 is 1.46 bits per heavy atom. The summed E-state index contributed by atoms with van der Waals surface area (Å²) in [6.45, 7) is 3.84. The lowest BCUT2D eigenvalue weighted by Gasteiger charge is -2.13. The molecule has 2 nitrogen and oxygen atoms in total. The summed E-state index contributed by atoms with van der Waals surface area (Å²) in [5.41, 5.74) is 0. The third-order valence-corrected chi connectivity index (χ3v) is 2.16. The van der Waals surface area contributed by atoms with Crippen LogP contribution >= 0.6 is 11.6 Å². The predicted octanol–water partition coefficient (Wildman–Crippen LogP) is 2.65. The number of hydrogen-bond acceptors (Lipinski definition) is 2. The molecule has 0 saturated heterocycles. The minimum atomic E-state index is 0.724. The smallest absolute Gasteiger partial charge is 0.118 e. The van der Waals surface area contributed by atoms with Crippen LogP contribution in [0.2, 0.25) is 0 Å². The second kappa shape index (κ2) is 5.30. The highest BCUT2D eigenvalue weighted by atomic mass is 35.5. The topological polar surface area (TPSA) is 16.4 Å². The monoisotopic (exact) mass is 201 g/mol. The molecule has 0 fully saturated rings. The average Bonchev–Trinajstić information content (AvgIpc) is 2.48. The predicted molar refractivity (Wildman–Crippen MR) is 55.1 cm³/mol. The van der Waals surface area contributed by atoms with Gasteiger partial charge in [0.25, 0.3) is 0 Å². The van der Waals surface area contributed by atoms with Crippen molar-refractivity contribution >= 4 is 11.6 Å². The molecule has 0 unspecified atom stereocenters. The highest BCUT2D eigenvalue weighted by Gasteiger charge is 2.02. The van der Waals surface area contributed by atoms with E-state index >= 15 is 0 Å². The molecule has 0 aliphatic heterocycles. The molecule has 1 aromatic heterocycles. The zero-order valence-corrected chi connectivity index (χ0v) is 8.97. The number of halogens is 1. The van der Waals surface area contributed by atoms with Gasteiger partial charge >= 0.3 is 0 Å². The van der Waals surface area contributed by atoms with Crippen molar-refractivity contribution in [1.29, 1.82) is 0 Å². The molecule has 0 radical (unpaired) electrons. The van der Waals surface area contributed by atoms with Gasteiger partial charge in [-0.15, -0.1) is 11.6 Å². The molecular weight excluding hydrogens is 186 g/mol. The fourth-order valence-electron chi connectivity index (χ4n) is 1.24. The lowest BCUT2D eigenvalue weighted by Crippen LogP contribution is -2.18. The molecule has 1 aromatic rings. The summed E-state index contributed by atoms with van der Waals surface area (Å²) in [7, 11) is 2.07. The Hall–Kier alpha value is -0.470. The Kier molecular flexibility index (Phi) is 4.33. The number of rotatable bonds is 5. The van der Waals surface area contributed by atoms with E-state index in [1.807, 2.05) is 19.1 Å². The summed E-state index contributed by atoms with van der Waals surface area (Å²) in [4.78, 5) is 2.21. The van der Waals surface area contributed by atoms with E-state index in [-0.39, 0.29) is 0 Å². The van der Waals surface area contributed by atoms with Crippen molar-refractivity contribution < 1.29 is 4.42 Å². The Balaban J connectivity index is 2.31. The normalized spacial score (nSPS) is 11.1. The van der Waals surface area contributed by atoms with Gasteiger partial charge in [-0.2, -0.15) is 0 Å². The summed E-state index contributed by atoms with van der Waals surface area (Å²) < 4.78 is 5.46. The molecular formula is C10H16ClNO. The lowest BCUT2D eigenvalue weighted by molar-refractivity contribution is 0.293. The van der Waals surface area contributed by atoms with E-state index in [9.17, 15) is 0 Å². The van der Waals surface area contributed by atoms with E-state index in [2.05, 4.69) is 11.9 Å². The molecule has 3 heteroatoms. The van der Waals surface area contributed by atoms with Gasteiger partial charge in [0.2, 0.25) is 0 Å². The summed E-state index contributed by atoms with van der Waals surface area (Å²) in [5, 5.41) is 0. The summed E-state index contributed by atoms with van der Waals surface area (Å²) in [6.07, 6.45) is 1.03. The fourth-order valence-corrected chi connectivity index (χ4v) is 1.36. The van der Waals surface area contributed by atoms with Gasteiger partial charge < -0.3 is 4.42 Å². The number of hydrogen-bond donors (Lipinski definition) is 0. The van der Waals surface area contributed by atoms with Crippen LogP contribution in [0.15, 0.2) is 16.5 Å². The molecule has 0 amide bonds. The summed E-state index contributed by atoms with van der Waals surface area (Å²) in [6, 6.07) is 4.01. The molecule has 13 heavy (non-hydrogen) atoms. The van der Waals surface area contributed by atoms with E-state index in [0.717, 1.165) is 36.9 Å². The first kappa shape index (κ1) is 10.6. The largest absolute Gasteiger partial charge is 0.465 e. The van der Waals surface area contributed by atoms with Crippen LogP contribution in [0.4, 0.5) is 0 Å². The van der Waals surface area contributed by atoms with E-state index in [1.165, 1.54) is 0 Å². The van der Waals surface area contributed by atoms with Crippen LogP contribution in [0.1, 0.15) is 17.9 Å². The molecule has 0 N–H and O–H groups in total. The van der Waals surface area contributed by atoms with Gasteiger partial charge in [-0.05, 0) is 39.1 Å². The Labute approximate surface area is 84.5 Å². The Morgan fingerprint density at radius 2 is 2.23 bits per heavy atom. The zero-order valence-electron chi connectivity index (χ0n) is 8.22. The third kappa shape index (κ3) is 3.83. The molecule has 0 aliphatic rings. The Bertz CT molecular complexity index is 247. The number of furan rings is 1. The average molecular weight is 202 g/mol. The number of alkyl halides is 1. The molecule has 1 heterocycles. The number of nitrogens with zero attached hydrogens (tertiary/aromatic N) is 1. The van der Waals surface area contributed by atoms with Crippen LogP contribution in [0.3, 0.4) is 0 Å². The van der Waals surface area contributed by atoms with Crippen molar-refractivity contribution in [3.8, 4) is 0 Å². The van der Waals surface area contributed by atoms with Gasteiger partial charge in [-0.25, -0.2) is 0 Å². The van der Waals surface area contributed by atoms with Crippen molar-refractivity contribution in [2.24, 2.45) is 0 Å². The molecule has 0 atom stereocenters.